The summed E-state index contributed by atoms with van der Waals surface area (Å²) in [5.41, 5.74) is 43.4. The second-order valence-corrected chi connectivity index (χ2v) is 31.4. The lowest BCUT2D eigenvalue weighted by molar-refractivity contribution is 0.447. The van der Waals surface area contributed by atoms with E-state index in [1.165, 1.54) is 0 Å². The molecule has 60 nitrogen and oxygen atoms in total. The van der Waals surface area contributed by atoms with E-state index in [1.54, 1.807) is 87.2 Å². The minimum atomic E-state index is -0.147. The average Bonchev–Trinajstić information content (AvgIpc) is 0.832. The van der Waals surface area contributed by atoms with Gasteiger partial charge in [-0.05, 0) is 83.1 Å². The topological polar surface area (TPSA) is 736 Å². The zero-order valence-electron chi connectivity index (χ0n) is 87.6. The largest absolute Gasteiger partial charge is 0.370 e. The standard InChI is InChI=1S/C9H19N5.2C8H17N5.2C7H15N5.3C6H13N5.3C5H11N5.C4H9N5/c1-7-10-8(12(2)3)14(6)9(11-7)13(4)5;1-6-9-7(12(2)3)11-8(10-6)13(4)5;1-6-10-7(9-2)13(5)8(11-6)12(3)4;1-5-9-6(8-2)11-7(10-5)12(3)4;1-5-10-6(8-2)12(4)7(9-3)11-5;1-4-8-5(7)10-6(9-4)11(2)3;1-4-9-5(7)11(3)6(8-2)10-4;1-4-9-5(7-2)11-6(8-3)10-4;1-3-8-4(6)10(2)5(7)9-3;2*1-3-8-4(6)10-5(7-2)9-3;1-2-7-3(5)9-4(6)8-2/h7H,1-6H3;6H,1-5H3,(H,9,10,11);6H,1-5H3,(H,9,10);5H,1-4H3,(H2,8,9,10,11);5H,1-4H3,(H,8,10)(H,9,11);4H,1-3H3,(H3,7,8,9,10);4H,1-3H3,(H2,7,9)(H,8,10);4H,1-3H3,(H3,7,8,9,10,11);3H,1-2H3,(H2,6,8)(H2,7,9);2*3H,1-2H3,(H4,6,7,8,9,10);2H,1H3,(H5,5,6,7,8,9)/t;;6-;5-;;2*4-;;;2*3-;/m..00.00..00./s1. The van der Waals surface area contributed by atoms with Crippen molar-refractivity contribution in [3.63, 3.8) is 0 Å². The highest BCUT2D eigenvalue weighted by molar-refractivity contribution is 6.06. The molecule has 12 aliphatic heterocycles. The van der Waals surface area contributed by atoms with Crippen molar-refractivity contribution in [1.29, 1.82) is 0 Å². The van der Waals surface area contributed by atoms with E-state index in [9.17, 15) is 0 Å². The third-order valence-corrected chi connectivity index (χ3v) is 17.6. The van der Waals surface area contributed by atoms with Gasteiger partial charge < -0.3 is 128 Å². The maximum atomic E-state index is 5.59. The molecule has 0 aromatic carbocycles. The van der Waals surface area contributed by atoms with Crippen LogP contribution in [0.5, 0.6) is 0 Å². The fraction of sp³-hybridized carbons (Fsp3) is 0.684. The van der Waals surface area contributed by atoms with Crippen molar-refractivity contribution in [2.75, 3.05) is 197 Å². The van der Waals surface area contributed by atoms with Crippen molar-refractivity contribution < 1.29 is 0 Å². The summed E-state index contributed by atoms with van der Waals surface area (Å²) < 4.78 is 0. The Kier molecular flexibility index (Phi) is 51.9. The highest BCUT2D eigenvalue weighted by Gasteiger charge is 2.27. The van der Waals surface area contributed by atoms with E-state index in [0.29, 0.717) is 59.6 Å². The van der Waals surface area contributed by atoms with Gasteiger partial charge in [-0.25, -0.2) is 74.9 Å². The van der Waals surface area contributed by atoms with E-state index in [2.05, 4.69) is 205 Å². The molecule has 768 valence electrons. The number of hydrogen-bond acceptors (Lipinski definition) is 44. The van der Waals surface area contributed by atoms with E-state index in [-0.39, 0.29) is 74.0 Å². The van der Waals surface area contributed by atoms with Crippen molar-refractivity contribution in [3.8, 4) is 0 Å². The zero-order valence-corrected chi connectivity index (χ0v) is 87.6. The van der Waals surface area contributed by atoms with Crippen molar-refractivity contribution in [2.24, 2.45) is 166 Å². The quantitative estimate of drug-likeness (QED) is 0.107. The van der Waals surface area contributed by atoms with Crippen molar-refractivity contribution in [2.45, 2.75) is 157 Å². The van der Waals surface area contributed by atoms with Crippen LogP contribution in [0.1, 0.15) is 83.1 Å². The Hall–Kier alpha value is -15.1. The van der Waals surface area contributed by atoms with Gasteiger partial charge in [-0.3, -0.25) is 107 Å². The van der Waals surface area contributed by atoms with Gasteiger partial charge >= 0.3 is 0 Å². The number of nitrogens with two attached hydrogens (primary N) is 8. The van der Waals surface area contributed by atoms with Crippen LogP contribution in [-0.2, 0) is 0 Å². The molecule has 0 saturated carbocycles. The minimum absolute atomic E-state index is 0.000926. The maximum Gasteiger partial charge on any atom is 0.204 e. The van der Waals surface area contributed by atoms with E-state index >= 15 is 0 Å². The third kappa shape index (κ3) is 43.5. The lowest BCUT2D eigenvalue weighted by atomic mass is 10.4. The zero-order chi connectivity index (χ0) is 104. The fourth-order valence-corrected chi connectivity index (χ4v) is 11.3. The van der Waals surface area contributed by atoms with Crippen LogP contribution in [0.4, 0.5) is 0 Å². The molecule has 12 heterocycles. The molecule has 0 aliphatic carbocycles. The number of aliphatic imine (C=N–C) groups is 24. The summed E-state index contributed by atoms with van der Waals surface area (Å²) in [7, 11) is 52.3. The Bertz CT molecular complexity index is 4360. The van der Waals surface area contributed by atoms with Gasteiger partial charge in [-0.15, -0.1) is 0 Å². The van der Waals surface area contributed by atoms with Gasteiger partial charge in [0.15, 0.2) is 77.5 Å². The molecule has 12 aliphatic rings. The van der Waals surface area contributed by atoms with Gasteiger partial charge in [0.1, 0.15) is 61.7 Å². The highest BCUT2D eigenvalue weighted by atomic mass is 15.5. The van der Waals surface area contributed by atoms with Gasteiger partial charge in [-0.2, -0.15) is 0 Å². The number of nitrogens with zero attached hydrogens (tertiary/aromatic N) is 36. The Morgan fingerprint density at radius 1 is 0.213 bits per heavy atom. The van der Waals surface area contributed by atoms with E-state index in [0.717, 1.165) is 83.4 Å². The molecular weight excluding hydrogens is 1750 g/mol. The molecular formula is C76H164N60. The summed E-state index contributed by atoms with van der Waals surface area (Å²) in [6.45, 7) is 23.2. The second-order valence-electron chi connectivity index (χ2n) is 31.4. The molecule has 0 unspecified atom stereocenters. The molecule has 0 spiro atoms. The van der Waals surface area contributed by atoms with Gasteiger partial charge in [0.2, 0.25) is 65.6 Å². The second kappa shape index (κ2) is 59.4. The first-order valence-electron chi connectivity index (χ1n) is 43.1. The molecule has 2 saturated heterocycles. The first-order chi connectivity index (χ1) is 63.5. The Morgan fingerprint density at radius 2 is 0.478 bits per heavy atom. The number of hydrogen-bond donors (Lipinski definition) is 24. The molecule has 32 N–H and O–H groups in total. The molecule has 6 atom stereocenters. The molecule has 60 heteroatoms. The molecule has 0 amide bonds. The summed E-state index contributed by atoms with van der Waals surface area (Å²) in [6, 6.07) is 0. The van der Waals surface area contributed by atoms with E-state index < -0.39 is 0 Å². The van der Waals surface area contributed by atoms with Crippen LogP contribution < -0.4 is 131 Å². The normalized spacial score (nSPS) is 24.6. The van der Waals surface area contributed by atoms with Gasteiger partial charge in [0.05, 0.1) is 12.3 Å². The number of guanidine groups is 24. The summed E-state index contributed by atoms with van der Waals surface area (Å²) in [6.07, 6.45) is 0.208. The molecule has 12 rings (SSSR count). The van der Waals surface area contributed by atoms with E-state index in [4.69, 9.17) is 45.9 Å². The van der Waals surface area contributed by atoms with Gasteiger partial charge in [0, 0.05) is 197 Å². The summed E-state index contributed by atoms with van der Waals surface area (Å²) in [4.78, 5) is 121. The van der Waals surface area contributed by atoms with Crippen LogP contribution in [0.25, 0.3) is 0 Å². The highest BCUT2D eigenvalue weighted by Crippen LogP contribution is 2.11. The smallest absolute Gasteiger partial charge is 0.204 e. The molecule has 2 fully saturated rings. The summed E-state index contributed by atoms with van der Waals surface area (Å²) >= 11 is 0. The van der Waals surface area contributed by atoms with Crippen LogP contribution in [0.15, 0.2) is 120 Å². The Labute approximate surface area is 803 Å². The monoisotopic (exact) mass is 1920 g/mol. The van der Waals surface area contributed by atoms with Crippen LogP contribution in [0, 0.1) is 0 Å². The Balaban J connectivity index is 0.000000743. The predicted molar refractivity (Wildman–Crippen MR) is 564 cm³/mol. The number of rotatable bonds is 0. The fourth-order valence-electron chi connectivity index (χ4n) is 11.3. The number of nitrogens with one attached hydrogen (secondary N) is 16. The average molecular weight is 1920 g/mol. The van der Waals surface area contributed by atoms with Gasteiger partial charge in [0.25, 0.3) is 0 Å². The SMILES string of the molecule is CC1N=C(N(C)C)N(C)C(N(C)C)=N1.CC1N=C(N(C)C)NC(N(C)C)=N1.CC1N=C(N)N(C)C(N)=N1.CC1N=C(N)NC(N)=N1.CN=C1NC(=NC)NC(C)N1.CN=C1NC(C)NC(=NC)N1C.CN=C1NC(N(C)C)=N[C@@H](C)N1.CN=C1NC(N)=N[C@H](C)N1.CN=C1NC(N)=N[C@H](C)N1.CN=C1N[C@@H](C)N=C(N)N1C.CN=C1N[C@H](C)N=C(N(C)C)N1C.C[C@H]1N=C(N)NC(N(C)C)=N1. The molecule has 0 aromatic heterocycles. The molecule has 0 bridgehead atoms. The lowest BCUT2D eigenvalue weighted by Crippen LogP contribution is -2.62. The first-order valence-corrected chi connectivity index (χ1v) is 43.1. The maximum absolute atomic E-state index is 5.59. The summed E-state index contributed by atoms with van der Waals surface area (Å²) in [5, 5.41) is 47.8. The van der Waals surface area contributed by atoms with Crippen LogP contribution in [0.3, 0.4) is 0 Å². The molecule has 136 heavy (non-hydrogen) atoms. The van der Waals surface area contributed by atoms with Gasteiger partial charge in [-0.1, -0.05) is 0 Å². The van der Waals surface area contributed by atoms with Crippen LogP contribution in [0.2, 0.25) is 0 Å². The molecule has 0 radical (unpaired) electrons. The van der Waals surface area contributed by atoms with Crippen molar-refractivity contribution in [1.82, 2.24) is 144 Å². The molecule has 0 aromatic rings. The van der Waals surface area contributed by atoms with E-state index in [1.807, 2.05) is 252 Å². The lowest BCUT2D eigenvalue weighted by Gasteiger charge is -2.34. The van der Waals surface area contributed by atoms with Crippen molar-refractivity contribution in [3.05, 3.63) is 0 Å². The third-order valence-electron chi connectivity index (χ3n) is 17.6. The summed E-state index contributed by atoms with van der Waals surface area (Å²) in [5.74, 6) is 16.2. The predicted octanol–water partition coefficient (Wildman–Crippen LogP) is -8.94. The van der Waals surface area contributed by atoms with Crippen LogP contribution >= 0.6 is 0 Å². The first kappa shape index (κ1) is 119. The Morgan fingerprint density at radius 3 is 0.824 bits per heavy atom. The minimum Gasteiger partial charge on any atom is -0.370 e. The van der Waals surface area contributed by atoms with Crippen molar-refractivity contribution >= 4 is 143 Å². The van der Waals surface area contributed by atoms with Crippen LogP contribution in [-0.4, -0.2) is 473 Å².